The molecule has 1 rings (SSSR count). The third-order valence-corrected chi connectivity index (χ3v) is 4.26. The van der Waals surface area contributed by atoms with Gasteiger partial charge in [0.15, 0.2) is 0 Å². The van der Waals surface area contributed by atoms with E-state index in [9.17, 15) is 4.79 Å². The summed E-state index contributed by atoms with van der Waals surface area (Å²) >= 11 is 3.42. The van der Waals surface area contributed by atoms with E-state index in [1.165, 1.54) is 19.3 Å². The highest BCUT2D eigenvalue weighted by molar-refractivity contribution is 9.10. The first-order chi connectivity index (χ1) is 6.61. The lowest BCUT2D eigenvalue weighted by atomic mass is 9.95. The van der Waals surface area contributed by atoms with Crippen LogP contribution in [0, 0.1) is 5.92 Å². The first-order valence-electron chi connectivity index (χ1n) is 5.55. The molecule has 1 aliphatic rings. The van der Waals surface area contributed by atoms with Crippen molar-refractivity contribution in [3.05, 3.63) is 0 Å². The average Bonchev–Trinajstić information content (AvgIpc) is 2.18. The van der Waals surface area contributed by atoms with Crippen LogP contribution in [0.5, 0.6) is 0 Å². The number of halogens is 1. The Morgan fingerprint density at radius 2 is 1.86 bits per heavy atom. The molecule has 82 valence electrons. The summed E-state index contributed by atoms with van der Waals surface area (Å²) < 4.78 is 0. The molecule has 0 spiro atoms. The zero-order valence-corrected chi connectivity index (χ0v) is 10.6. The highest BCUT2D eigenvalue weighted by Crippen LogP contribution is 2.19. The van der Waals surface area contributed by atoms with Crippen molar-refractivity contribution in [3.63, 3.8) is 0 Å². The van der Waals surface area contributed by atoms with Gasteiger partial charge in [-0.1, -0.05) is 49.0 Å². The Labute approximate surface area is 95.0 Å². The van der Waals surface area contributed by atoms with E-state index in [1.807, 2.05) is 0 Å². The third-order valence-electron chi connectivity index (χ3n) is 2.79. The topological polar surface area (TPSA) is 29.1 Å². The maximum Gasteiger partial charge on any atom is 0.234 e. The van der Waals surface area contributed by atoms with Crippen LogP contribution in [0.3, 0.4) is 0 Å². The number of carbonyl (C=O) groups is 1. The molecular weight excluding hydrogens is 242 g/mol. The van der Waals surface area contributed by atoms with E-state index in [0.717, 1.165) is 12.8 Å². The first kappa shape index (κ1) is 12.0. The maximum atomic E-state index is 11.7. The van der Waals surface area contributed by atoms with Crippen molar-refractivity contribution >= 4 is 21.8 Å². The summed E-state index contributed by atoms with van der Waals surface area (Å²) in [6.45, 7) is 4.11. The lowest BCUT2D eigenvalue weighted by Crippen LogP contribution is -2.41. The highest BCUT2D eigenvalue weighted by atomic mass is 79.9. The predicted octanol–water partition coefficient (Wildman–Crippen LogP) is 2.85. The van der Waals surface area contributed by atoms with Gasteiger partial charge in [0.05, 0.1) is 4.83 Å². The Bertz CT molecular complexity index is 188. The minimum absolute atomic E-state index is 0.0376. The molecule has 1 amide bonds. The van der Waals surface area contributed by atoms with E-state index < -0.39 is 0 Å². The summed E-state index contributed by atoms with van der Waals surface area (Å²) in [7, 11) is 0. The molecule has 1 aliphatic carbocycles. The van der Waals surface area contributed by atoms with Crippen molar-refractivity contribution in [2.24, 2.45) is 5.92 Å². The molecule has 0 saturated heterocycles. The average molecular weight is 262 g/mol. The van der Waals surface area contributed by atoms with Gasteiger partial charge in [0.2, 0.25) is 5.91 Å². The number of nitrogens with one attached hydrogen (secondary N) is 1. The van der Waals surface area contributed by atoms with Crippen molar-refractivity contribution in [2.75, 3.05) is 0 Å². The summed E-state index contributed by atoms with van der Waals surface area (Å²) in [5.41, 5.74) is 0. The molecule has 0 aliphatic heterocycles. The van der Waals surface area contributed by atoms with Gasteiger partial charge in [-0.25, -0.2) is 0 Å². The molecule has 3 heteroatoms. The second kappa shape index (κ2) is 5.74. The van der Waals surface area contributed by atoms with Crippen molar-refractivity contribution in [2.45, 2.75) is 56.8 Å². The summed E-state index contributed by atoms with van der Waals surface area (Å²) in [5, 5.41) is 3.11. The SMILES string of the molecule is CC(C)[C@@H](Br)C(=O)NC1CCCCC1. The van der Waals surface area contributed by atoms with Crippen molar-refractivity contribution in [1.29, 1.82) is 0 Å². The second-order valence-electron chi connectivity index (χ2n) is 4.49. The van der Waals surface area contributed by atoms with Crippen LogP contribution >= 0.6 is 15.9 Å². The number of rotatable bonds is 3. The molecule has 0 aromatic rings. The maximum absolute atomic E-state index is 11.7. The van der Waals surface area contributed by atoms with E-state index in [4.69, 9.17) is 0 Å². The van der Waals surface area contributed by atoms with Gasteiger partial charge in [-0.05, 0) is 18.8 Å². The zero-order chi connectivity index (χ0) is 10.6. The Balaban J connectivity index is 2.31. The van der Waals surface area contributed by atoms with Crippen LogP contribution in [0.15, 0.2) is 0 Å². The standard InChI is InChI=1S/C11H20BrNO/c1-8(2)10(12)11(14)13-9-6-4-3-5-7-9/h8-10H,3-7H2,1-2H3,(H,13,14)/t10-/m1/s1. The molecule has 2 nitrogen and oxygen atoms in total. The fourth-order valence-electron chi connectivity index (χ4n) is 1.83. The first-order valence-corrected chi connectivity index (χ1v) is 6.47. The molecule has 0 unspecified atom stereocenters. The molecule has 0 aromatic heterocycles. The molecule has 1 N–H and O–H groups in total. The van der Waals surface area contributed by atoms with Crippen LogP contribution in [0.1, 0.15) is 46.0 Å². The Hall–Kier alpha value is -0.0500. The van der Waals surface area contributed by atoms with E-state index in [2.05, 4.69) is 35.1 Å². The van der Waals surface area contributed by atoms with Crippen LogP contribution in [-0.2, 0) is 4.79 Å². The van der Waals surface area contributed by atoms with E-state index in [-0.39, 0.29) is 10.7 Å². The third kappa shape index (κ3) is 3.60. The number of alkyl halides is 1. The van der Waals surface area contributed by atoms with E-state index >= 15 is 0 Å². The monoisotopic (exact) mass is 261 g/mol. The molecule has 0 aromatic carbocycles. The Kier molecular flexibility index (Phi) is 4.93. The molecule has 1 atom stereocenters. The van der Waals surface area contributed by atoms with Gasteiger partial charge < -0.3 is 5.32 Å². The van der Waals surface area contributed by atoms with Crippen LogP contribution < -0.4 is 5.32 Å². The molecule has 14 heavy (non-hydrogen) atoms. The number of hydrogen-bond donors (Lipinski definition) is 1. The quantitative estimate of drug-likeness (QED) is 0.778. The zero-order valence-electron chi connectivity index (χ0n) is 9.05. The smallest absolute Gasteiger partial charge is 0.234 e. The second-order valence-corrected chi connectivity index (χ2v) is 5.48. The molecule has 0 bridgehead atoms. The van der Waals surface area contributed by atoms with Gasteiger partial charge >= 0.3 is 0 Å². The van der Waals surface area contributed by atoms with Gasteiger partial charge in [-0.15, -0.1) is 0 Å². The summed E-state index contributed by atoms with van der Waals surface area (Å²) in [5.74, 6) is 0.519. The van der Waals surface area contributed by atoms with E-state index in [1.54, 1.807) is 0 Å². The summed E-state index contributed by atoms with van der Waals surface area (Å²) in [6, 6.07) is 0.426. The number of amides is 1. The van der Waals surface area contributed by atoms with Gasteiger partial charge in [0.1, 0.15) is 0 Å². The fourth-order valence-corrected chi connectivity index (χ4v) is 1.96. The molecule has 0 radical (unpaired) electrons. The van der Waals surface area contributed by atoms with Gasteiger partial charge in [0, 0.05) is 6.04 Å². The van der Waals surface area contributed by atoms with Crippen LogP contribution in [0.4, 0.5) is 0 Å². The minimum atomic E-state index is -0.0376. The number of carbonyl (C=O) groups excluding carboxylic acids is 1. The van der Waals surface area contributed by atoms with Gasteiger partial charge in [-0.2, -0.15) is 0 Å². The summed E-state index contributed by atoms with van der Waals surface area (Å²) in [6.07, 6.45) is 6.17. The predicted molar refractivity (Wildman–Crippen MR) is 62.6 cm³/mol. The fraction of sp³-hybridized carbons (Fsp3) is 0.909. The van der Waals surface area contributed by atoms with Crippen molar-refractivity contribution < 1.29 is 4.79 Å². The molecule has 1 fully saturated rings. The largest absolute Gasteiger partial charge is 0.352 e. The molecule has 1 saturated carbocycles. The van der Waals surface area contributed by atoms with Crippen molar-refractivity contribution in [3.8, 4) is 0 Å². The Morgan fingerprint density at radius 3 is 2.36 bits per heavy atom. The van der Waals surface area contributed by atoms with Crippen LogP contribution in [0.25, 0.3) is 0 Å². The number of hydrogen-bond acceptors (Lipinski definition) is 1. The lowest BCUT2D eigenvalue weighted by Gasteiger charge is -2.24. The molecular formula is C11H20BrNO. The van der Waals surface area contributed by atoms with Crippen LogP contribution in [-0.4, -0.2) is 16.8 Å². The van der Waals surface area contributed by atoms with E-state index in [0.29, 0.717) is 12.0 Å². The van der Waals surface area contributed by atoms with Gasteiger partial charge in [0.25, 0.3) is 0 Å². The minimum Gasteiger partial charge on any atom is -0.352 e. The molecule has 0 heterocycles. The van der Waals surface area contributed by atoms with Gasteiger partial charge in [-0.3, -0.25) is 4.79 Å². The Morgan fingerprint density at radius 1 is 1.29 bits per heavy atom. The summed E-state index contributed by atoms with van der Waals surface area (Å²) in [4.78, 5) is 11.7. The van der Waals surface area contributed by atoms with Crippen molar-refractivity contribution in [1.82, 2.24) is 5.32 Å². The lowest BCUT2D eigenvalue weighted by molar-refractivity contribution is -0.122. The highest BCUT2D eigenvalue weighted by Gasteiger charge is 2.22. The van der Waals surface area contributed by atoms with Crippen LogP contribution in [0.2, 0.25) is 0 Å². The normalized spacial score (nSPS) is 20.9.